The number of H-pyrrole nitrogens is 1. The van der Waals surface area contributed by atoms with Crippen molar-refractivity contribution in [2.45, 2.75) is 6.92 Å². The maximum Gasteiger partial charge on any atom is 0.329 e. The molecule has 6 nitrogen and oxygen atoms in total. The van der Waals surface area contributed by atoms with E-state index in [-0.39, 0.29) is 30.4 Å². The van der Waals surface area contributed by atoms with Crippen LogP contribution in [0, 0.1) is 0 Å². The monoisotopic (exact) mass is 330 g/mol. The van der Waals surface area contributed by atoms with Crippen molar-refractivity contribution in [3.63, 3.8) is 0 Å². The first kappa shape index (κ1) is 17.1. The summed E-state index contributed by atoms with van der Waals surface area (Å²) in [6, 6.07) is 7.68. The van der Waals surface area contributed by atoms with E-state index in [1.807, 2.05) is 36.1 Å². The Labute approximate surface area is 133 Å². The molecule has 0 saturated heterocycles. The van der Waals surface area contributed by atoms with Crippen LogP contribution in [0.25, 0.3) is 0 Å². The number of aromatic amines is 1. The Morgan fingerprint density at radius 2 is 1.81 bits per heavy atom. The first-order valence-corrected chi connectivity index (χ1v) is 6.10. The van der Waals surface area contributed by atoms with E-state index in [4.69, 9.17) is 0 Å². The van der Waals surface area contributed by atoms with Crippen LogP contribution < -0.4 is 21.5 Å². The van der Waals surface area contributed by atoms with E-state index in [0.29, 0.717) is 18.1 Å². The molecule has 0 atom stereocenters. The van der Waals surface area contributed by atoms with Crippen LogP contribution in [0.5, 0.6) is 0 Å². The van der Waals surface area contributed by atoms with E-state index in [1.165, 1.54) is 7.05 Å². The van der Waals surface area contributed by atoms with Crippen molar-refractivity contribution in [2.75, 3.05) is 16.8 Å². The Morgan fingerprint density at radius 1 is 1.14 bits per heavy atom. The quantitative estimate of drug-likeness (QED) is 0.840. The number of rotatable bonds is 1. The summed E-state index contributed by atoms with van der Waals surface area (Å²) in [5.74, 6) is 0.452. The summed E-state index contributed by atoms with van der Waals surface area (Å²) in [7, 11) is 1.47. The van der Waals surface area contributed by atoms with Crippen LogP contribution in [0.2, 0.25) is 0 Å². The molecule has 0 bridgehead atoms. The zero-order valence-corrected chi connectivity index (χ0v) is 13.2. The van der Waals surface area contributed by atoms with Crippen LogP contribution in [0.4, 0.5) is 22.9 Å². The van der Waals surface area contributed by atoms with Crippen molar-refractivity contribution in [1.82, 2.24) is 9.55 Å². The van der Waals surface area contributed by atoms with Crippen LogP contribution in [0.1, 0.15) is 6.92 Å². The van der Waals surface area contributed by atoms with Gasteiger partial charge in [-0.05, 0) is 19.1 Å². The molecule has 21 heavy (non-hydrogen) atoms. The lowest BCUT2D eigenvalue weighted by Crippen LogP contribution is -2.39. The van der Waals surface area contributed by atoms with Crippen molar-refractivity contribution in [3.8, 4) is 0 Å². The standard InChI is InChI=1S/C13H14N4O2.2ClH/c1-3-17-9-7-5-4-6-8(9)14-11-10(17)12(18)16(2)13(19)15-11;;/h4-7,14H,3H2,1-2H3,(H,15,19);2*1H. The van der Waals surface area contributed by atoms with Gasteiger partial charge < -0.3 is 10.2 Å². The number of anilines is 4. The molecule has 114 valence electrons. The van der Waals surface area contributed by atoms with Gasteiger partial charge in [0.1, 0.15) is 11.5 Å². The van der Waals surface area contributed by atoms with Gasteiger partial charge in [0.2, 0.25) is 0 Å². The van der Waals surface area contributed by atoms with Gasteiger partial charge in [0, 0.05) is 13.6 Å². The van der Waals surface area contributed by atoms with E-state index in [9.17, 15) is 9.59 Å². The molecule has 1 aromatic heterocycles. The summed E-state index contributed by atoms with van der Waals surface area (Å²) < 4.78 is 1.08. The van der Waals surface area contributed by atoms with Gasteiger partial charge >= 0.3 is 5.69 Å². The van der Waals surface area contributed by atoms with E-state index in [1.54, 1.807) is 0 Å². The molecule has 3 rings (SSSR count). The van der Waals surface area contributed by atoms with Gasteiger partial charge in [-0.15, -0.1) is 24.8 Å². The zero-order chi connectivity index (χ0) is 13.6. The second-order valence-corrected chi connectivity index (χ2v) is 4.40. The van der Waals surface area contributed by atoms with Crippen LogP contribution >= 0.6 is 24.8 Å². The van der Waals surface area contributed by atoms with Gasteiger partial charge in [-0.1, -0.05) is 12.1 Å². The van der Waals surface area contributed by atoms with Crippen LogP contribution in [-0.4, -0.2) is 16.1 Å². The highest BCUT2D eigenvalue weighted by Gasteiger charge is 2.25. The molecule has 0 spiro atoms. The van der Waals surface area contributed by atoms with Crippen molar-refractivity contribution in [3.05, 3.63) is 45.1 Å². The summed E-state index contributed by atoms with van der Waals surface area (Å²) >= 11 is 0. The molecule has 1 aromatic carbocycles. The third-order valence-corrected chi connectivity index (χ3v) is 3.32. The summed E-state index contributed by atoms with van der Waals surface area (Å²) in [5, 5.41) is 3.10. The highest BCUT2D eigenvalue weighted by molar-refractivity contribution is 5.89. The molecule has 0 unspecified atom stereocenters. The smallest absolute Gasteiger partial charge is 0.329 e. The first-order chi connectivity index (χ1) is 9.13. The molecular weight excluding hydrogens is 315 g/mol. The second kappa shape index (κ2) is 6.24. The van der Waals surface area contributed by atoms with Crippen molar-refractivity contribution >= 4 is 47.7 Å². The molecule has 0 saturated carbocycles. The third-order valence-electron chi connectivity index (χ3n) is 3.32. The lowest BCUT2D eigenvalue weighted by atomic mass is 10.2. The fourth-order valence-corrected chi connectivity index (χ4v) is 2.35. The Morgan fingerprint density at radius 3 is 2.48 bits per heavy atom. The lowest BCUT2D eigenvalue weighted by molar-refractivity contribution is 0.769. The van der Waals surface area contributed by atoms with E-state index < -0.39 is 5.69 Å². The Balaban J connectivity index is 0.00000110. The largest absolute Gasteiger partial charge is 0.338 e. The van der Waals surface area contributed by atoms with Gasteiger partial charge in [0.25, 0.3) is 5.56 Å². The van der Waals surface area contributed by atoms with Gasteiger partial charge in [0.05, 0.1) is 11.4 Å². The number of hydrogen-bond acceptors (Lipinski definition) is 4. The lowest BCUT2D eigenvalue weighted by Gasteiger charge is -2.31. The predicted molar refractivity (Wildman–Crippen MR) is 89.2 cm³/mol. The second-order valence-electron chi connectivity index (χ2n) is 4.40. The number of nitrogens with one attached hydrogen (secondary N) is 2. The fraction of sp³-hybridized carbons (Fsp3) is 0.231. The number of nitrogens with zero attached hydrogens (tertiary/aromatic N) is 2. The highest BCUT2D eigenvalue weighted by Crippen LogP contribution is 2.39. The molecule has 1 aliphatic rings. The summed E-state index contributed by atoms with van der Waals surface area (Å²) in [6.07, 6.45) is 0. The van der Waals surface area contributed by atoms with Gasteiger partial charge in [-0.25, -0.2) is 4.79 Å². The average molecular weight is 331 g/mol. The van der Waals surface area contributed by atoms with Gasteiger partial charge in [0.15, 0.2) is 0 Å². The minimum absolute atomic E-state index is 0. The predicted octanol–water partition coefficient (Wildman–Crippen LogP) is 2.13. The molecule has 0 amide bonds. The fourth-order valence-electron chi connectivity index (χ4n) is 2.35. The maximum absolute atomic E-state index is 12.3. The Bertz CT molecular complexity index is 769. The number of fused-ring (bicyclic) bond motifs is 2. The first-order valence-electron chi connectivity index (χ1n) is 6.10. The molecule has 0 fully saturated rings. The minimum Gasteiger partial charge on any atom is -0.338 e. The summed E-state index contributed by atoms with van der Waals surface area (Å²) in [5.41, 5.74) is 1.56. The third kappa shape index (κ3) is 2.52. The zero-order valence-electron chi connectivity index (χ0n) is 11.5. The number of benzene rings is 1. The number of aromatic nitrogens is 2. The summed E-state index contributed by atoms with van der Waals surface area (Å²) in [4.78, 5) is 28.5. The average Bonchev–Trinajstić information content (AvgIpc) is 2.42. The molecule has 1 aliphatic heterocycles. The minimum atomic E-state index is -0.424. The van der Waals surface area contributed by atoms with E-state index >= 15 is 0 Å². The van der Waals surface area contributed by atoms with Crippen LogP contribution in [0.15, 0.2) is 33.9 Å². The molecule has 2 aromatic rings. The highest BCUT2D eigenvalue weighted by atomic mass is 35.5. The Kier molecular flexibility index (Phi) is 5.09. The van der Waals surface area contributed by atoms with Gasteiger partial charge in [-0.3, -0.25) is 14.3 Å². The SMILES string of the molecule is CCN1c2ccccc2Nc2[nH]c(=O)n(C)c(=O)c21.Cl.Cl. The number of hydrogen-bond donors (Lipinski definition) is 2. The molecule has 8 heteroatoms. The number of halogens is 2. The number of para-hydroxylation sites is 2. The van der Waals surface area contributed by atoms with Crippen molar-refractivity contribution < 1.29 is 0 Å². The van der Waals surface area contributed by atoms with E-state index in [0.717, 1.165) is 15.9 Å². The molecule has 0 aliphatic carbocycles. The topological polar surface area (TPSA) is 70.1 Å². The van der Waals surface area contributed by atoms with Crippen LogP contribution in [0.3, 0.4) is 0 Å². The molecular formula is C13H16Cl2N4O2. The normalized spacial score (nSPS) is 11.4. The maximum atomic E-state index is 12.3. The van der Waals surface area contributed by atoms with Crippen molar-refractivity contribution in [1.29, 1.82) is 0 Å². The van der Waals surface area contributed by atoms with Crippen LogP contribution in [-0.2, 0) is 7.05 Å². The molecule has 0 radical (unpaired) electrons. The molecule has 2 N–H and O–H groups in total. The Hall–Kier alpha value is -1.92. The van der Waals surface area contributed by atoms with Crippen molar-refractivity contribution in [2.24, 2.45) is 7.05 Å². The van der Waals surface area contributed by atoms with E-state index in [2.05, 4.69) is 10.3 Å². The summed E-state index contributed by atoms with van der Waals surface area (Å²) in [6.45, 7) is 2.61. The van der Waals surface area contributed by atoms with Gasteiger partial charge in [-0.2, -0.15) is 0 Å². The molecule has 2 heterocycles.